The van der Waals surface area contributed by atoms with Gasteiger partial charge < -0.3 is 14.5 Å². The monoisotopic (exact) mass is 357 g/mol. The van der Waals surface area contributed by atoms with Crippen molar-refractivity contribution in [3.8, 4) is 17.2 Å². The minimum absolute atomic E-state index is 0.165. The number of anilines is 1. The molecule has 0 spiro atoms. The molecule has 0 aliphatic rings. The van der Waals surface area contributed by atoms with E-state index in [4.69, 9.17) is 20.8 Å². The molecule has 0 aliphatic carbocycles. The van der Waals surface area contributed by atoms with Gasteiger partial charge in [-0.2, -0.15) is 0 Å². The van der Waals surface area contributed by atoms with Crippen LogP contribution in [0.15, 0.2) is 52.9 Å². The first kappa shape index (κ1) is 17.0. The van der Waals surface area contributed by atoms with E-state index in [-0.39, 0.29) is 12.3 Å². The number of amides is 1. The predicted octanol–water partition coefficient (Wildman–Crippen LogP) is 3.97. The number of hydrogen-bond donors (Lipinski definition) is 1. The lowest BCUT2D eigenvalue weighted by Crippen LogP contribution is -2.13. The van der Waals surface area contributed by atoms with E-state index >= 15 is 0 Å². The molecule has 3 aromatic rings. The van der Waals surface area contributed by atoms with Crippen molar-refractivity contribution in [3.63, 3.8) is 0 Å². The molecule has 1 aromatic heterocycles. The van der Waals surface area contributed by atoms with E-state index in [2.05, 4.69) is 15.5 Å². The fourth-order valence-electron chi connectivity index (χ4n) is 2.28. The van der Waals surface area contributed by atoms with Crippen LogP contribution in [-0.4, -0.2) is 23.2 Å². The number of aromatic nitrogens is 2. The number of halogens is 1. The van der Waals surface area contributed by atoms with Crippen LogP contribution in [0.5, 0.6) is 5.75 Å². The van der Waals surface area contributed by atoms with E-state index in [1.54, 1.807) is 31.4 Å². The van der Waals surface area contributed by atoms with Crippen molar-refractivity contribution in [2.24, 2.45) is 0 Å². The van der Waals surface area contributed by atoms with E-state index in [0.29, 0.717) is 40.2 Å². The Kier molecular flexibility index (Phi) is 5.30. The zero-order valence-corrected chi connectivity index (χ0v) is 14.3. The summed E-state index contributed by atoms with van der Waals surface area (Å²) in [4.78, 5) is 12.1. The second kappa shape index (κ2) is 7.81. The van der Waals surface area contributed by atoms with Gasteiger partial charge >= 0.3 is 0 Å². The molecule has 0 unspecified atom stereocenters. The molecule has 7 heteroatoms. The average molecular weight is 358 g/mol. The molecule has 6 nitrogen and oxygen atoms in total. The summed E-state index contributed by atoms with van der Waals surface area (Å²) < 4.78 is 10.8. The molecule has 0 aliphatic heterocycles. The van der Waals surface area contributed by atoms with Crippen LogP contribution in [-0.2, 0) is 11.2 Å². The lowest BCUT2D eigenvalue weighted by molar-refractivity contribution is -0.116. The predicted molar refractivity (Wildman–Crippen MR) is 94.7 cm³/mol. The number of aryl methyl sites for hydroxylation is 1. The van der Waals surface area contributed by atoms with Gasteiger partial charge in [0.1, 0.15) is 5.75 Å². The standard InChI is InChI=1S/C18H16ClN3O3/c1-24-15-9-5-4-8-14(15)20-16(23)10-11-17-21-22-18(25-17)12-6-2-3-7-13(12)19/h2-9H,10-11H2,1H3,(H,20,23). The van der Waals surface area contributed by atoms with Gasteiger partial charge in [-0.25, -0.2) is 0 Å². The number of nitrogens with zero attached hydrogens (tertiary/aromatic N) is 2. The van der Waals surface area contributed by atoms with Gasteiger partial charge in [0, 0.05) is 12.8 Å². The molecule has 0 atom stereocenters. The van der Waals surface area contributed by atoms with Gasteiger partial charge in [-0.1, -0.05) is 35.9 Å². The Hall–Kier alpha value is -2.86. The van der Waals surface area contributed by atoms with Crippen molar-refractivity contribution in [3.05, 3.63) is 59.4 Å². The number of para-hydroxylation sites is 2. The molecule has 0 saturated carbocycles. The summed E-state index contributed by atoms with van der Waals surface area (Å²) in [5.41, 5.74) is 1.29. The number of carbonyl (C=O) groups is 1. The highest BCUT2D eigenvalue weighted by Crippen LogP contribution is 2.26. The van der Waals surface area contributed by atoms with Crippen LogP contribution < -0.4 is 10.1 Å². The third kappa shape index (κ3) is 4.16. The summed E-state index contributed by atoms with van der Waals surface area (Å²) >= 11 is 6.11. The van der Waals surface area contributed by atoms with Gasteiger partial charge in [0.15, 0.2) is 0 Å². The third-order valence-corrected chi connectivity index (χ3v) is 3.85. The molecule has 128 valence electrons. The molecule has 3 rings (SSSR count). The maximum atomic E-state index is 12.1. The van der Waals surface area contributed by atoms with E-state index in [0.717, 1.165) is 0 Å². The molecule has 25 heavy (non-hydrogen) atoms. The summed E-state index contributed by atoms with van der Waals surface area (Å²) in [6.45, 7) is 0. The molecular formula is C18H16ClN3O3. The first-order valence-corrected chi connectivity index (χ1v) is 8.05. The highest BCUT2D eigenvalue weighted by Gasteiger charge is 2.13. The summed E-state index contributed by atoms with van der Waals surface area (Å²) in [5.74, 6) is 1.16. The topological polar surface area (TPSA) is 77.2 Å². The average Bonchev–Trinajstić information content (AvgIpc) is 3.09. The number of carbonyl (C=O) groups excluding carboxylic acids is 1. The third-order valence-electron chi connectivity index (χ3n) is 3.52. The molecule has 1 heterocycles. The van der Waals surface area contributed by atoms with Crippen molar-refractivity contribution < 1.29 is 13.9 Å². The molecule has 2 aromatic carbocycles. The van der Waals surface area contributed by atoms with Crippen LogP contribution in [0.1, 0.15) is 12.3 Å². The smallest absolute Gasteiger partial charge is 0.249 e. The summed E-state index contributed by atoms with van der Waals surface area (Å²) in [6, 6.07) is 14.4. The Balaban J connectivity index is 1.61. The van der Waals surface area contributed by atoms with Gasteiger partial charge in [0.25, 0.3) is 0 Å². The molecule has 0 radical (unpaired) electrons. The molecule has 0 saturated heterocycles. The minimum atomic E-state index is -0.165. The van der Waals surface area contributed by atoms with Gasteiger partial charge in [0.2, 0.25) is 17.7 Å². The highest BCUT2D eigenvalue weighted by molar-refractivity contribution is 6.33. The second-order valence-electron chi connectivity index (χ2n) is 5.23. The Labute approximate surface area is 149 Å². The lowest BCUT2D eigenvalue weighted by Gasteiger charge is -2.09. The fraction of sp³-hybridized carbons (Fsp3) is 0.167. The number of rotatable bonds is 6. The SMILES string of the molecule is COc1ccccc1NC(=O)CCc1nnc(-c2ccccc2Cl)o1. The van der Waals surface area contributed by atoms with E-state index in [9.17, 15) is 4.79 Å². The van der Waals surface area contributed by atoms with Crippen LogP contribution >= 0.6 is 11.6 Å². The number of nitrogens with one attached hydrogen (secondary N) is 1. The van der Waals surface area contributed by atoms with Crippen LogP contribution in [0.2, 0.25) is 5.02 Å². The Morgan fingerprint density at radius 2 is 1.92 bits per heavy atom. The maximum absolute atomic E-state index is 12.1. The molecule has 1 N–H and O–H groups in total. The van der Waals surface area contributed by atoms with E-state index in [1.807, 2.05) is 24.3 Å². The van der Waals surface area contributed by atoms with Crippen molar-refractivity contribution in [2.75, 3.05) is 12.4 Å². The van der Waals surface area contributed by atoms with Crippen LogP contribution in [0.25, 0.3) is 11.5 Å². The molecule has 1 amide bonds. The zero-order chi connectivity index (χ0) is 17.6. The zero-order valence-electron chi connectivity index (χ0n) is 13.5. The molecular weight excluding hydrogens is 342 g/mol. The van der Waals surface area contributed by atoms with Gasteiger partial charge in [-0.05, 0) is 24.3 Å². The van der Waals surface area contributed by atoms with E-state index in [1.165, 1.54) is 0 Å². The second-order valence-corrected chi connectivity index (χ2v) is 5.64. The van der Waals surface area contributed by atoms with E-state index < -0.39 is 0 Å². The maximum Gasteiger partial charge on any atom is 0.249 e. The van der Waals surface area contributed by atoms with Crippen LogP contribution in [0.3, 0.4) is 0 Å². The van der Waals surface area contributed by atoms with Crippen LogP contribution in [0, 0.1) is 0 Å². The largest absolute Gasteiger partial charge is 0.495 e. The van der Waals surface area contributed by atoms with Crippen molar-refractivity contribution in [1.82, 2.24) is 10.2 Å². The minimum Gasteiger partial charge on any atom is -0.495 e. The highest BCUT2D eigenvalue weighted by atomic mass is 35.5. The first-order valence-electron chi connectivity index (χ1n) is 7.67. The Bertz CT molecular complexity index is 879. The number of benzene rings is 2. The number of ether oxygens (including phenoxy) is 1. The summed E-state index contributed by atoms with van der Waals surface area (Å²) in [5, 5.41) is 11.3. The van der Waals surface area contributed by atoms with Gasteiger partial charge in [0.05, 0.1) is 23.4 Å². The lowest BCUT2D eigenvalue weighted by atomic mass is 10.2. The van der Waals surface area contributed by atoms with Gasteiger partial charge in [-0.15, -0.1) is 10.2 Å². The van der Waals surface area contributed by atoms with Gasteiger partial charge in [-0.3, -0.25) is 4.79 Å². The summed E-state index contributed by atoms with van der Waals surface area (Å²) in [7, 11) is 1.56. The number of hydrogen-bond acceptors (Lipinski definition) is 5. The number of methoxy groups -OCH3 is 1. The normalized spacial score (nSPS) is 10.5. The molecule has 0 bridgehead atoms. The summed E-state index contributed by atoms with van der Waals surface area (Å²) in [6.07, 6.45) is 0.542. The van der Waals surface area contributed by atoms with Crippen molar-refractivity contribution in [2.45, 2.75) is 12.8 Å². The molecule has 0 fully saturated rings. The van der Waals surface area contributed by atoms with Crippen molar-refractivity contribution in [1.29, 1.82) is 0 Å². The van der Waals surface area contributed by atoms with Crippen molar-refractivity contribution >= 4 is 23.2 Å². The Morgan fingerprint density at radius 1 is 1.16 bits per heavy atom. The Morgan fingerprint density at radius 3 is 2.72 bits per heavy atom. The fourth-order valence-corrected chi connectivity index (χ4v) is 2.50. The quantitative estimate of drug-likeness (QED) is 0.722. The van der Waals surface area contributed by atoms with Crippen LogP contribution in [0.4, 0.5) is 5.69 Å². The first-order chi connectivity index (χ1) is 12.2.